The number of esters is 3. The van der Waals surface area contributed by atoms with Gasteiger partial charge in [0.2, 0.25) is 0 Å². The zero-order chi connectivity index (χ0) is 52.9. The number of allylic oxidation sites excluding steroid dienone is 18. The maximum Gasteiger partial charge on any atom is 0.306 e. The number of carbonyl (C=O) groups is 3. The first-order valence-electron chi connectivity index (χ1n) is 30.4. The molecule has 1 unspecified atom stereocenters. The second-order valence-electron chi connectivity index (χ2n) is 19.9. The van der Waals surface area contributed by atoms with Gasteiger partial charge >= 0.3 is 17.9 Å². The van der Waals surface area contributed by atoms with Crippen molar-refractivity contribution in [2.45, 2.75) is 284 Å². The molecule has 6 nitrogen and oxygen atoms in total. The normalized spacial score (nSPS) is 12.9. The van der Waals surface area contributed by atoms with E-state index in [0.29, 0.717) is 19.3 Å². The summed E-state index contributed by atoms with van der Waals surface area (Å²) in [6, 6.07) is 0. The molecule has 73 heavy (non-hydrogen) atoms. The second-order valence-corrected chi connectivity index (χ2v) is 19.9. The van der Waals surface area contributed by atoms with Gasteiger partial charge in [-0.25, -0.2) is 0 Å². The summed E-state index contributed by atoms with van der Waals surface area (Å²) < 4.78 is 16.9. The van der Waals surface area contributed by atoms with Crippen molar-refractivity contribution < 1.29 is 28.6 Å². The zero-order valence-electron chi connectivity index (χ0n) is 47.6. The van der Waals surface area contributed by atoms with E-state index >= 15 is 0 Å². The summed E-state index contributed by atoms with van der Waals surface area (Å²) in [5.74, 6) is -0.919. The van der Waals surface area contributed by atoms with Crippen LogP contribution in [0.3, 0.4) is 0 Å². The monoisotopic (exact) mass is 1010 g/mol. The Kier molecular flexibility index (Phi) is 57.4. The molecule has 0 aliphatic rings. The Morgan fingerprint density at radius 1 is 0.288 bits per heavy atom. The highest BCUT2D eigenvalue weighted by Gasteiger charge is 2.19. The summed E-state index contributed by atoms with van der Waals surface area (Å²) >= 11 is 0. The van der Waals surface area contributed by atoms with Crippen molar-refractivity contribution in [3.05, 3.63) is 109 Å². The van der Waals surface area contributed by atoms with Crippen molar-refractivity contribution in [1.29, 1.82) is 0 Å². The van der Waals surface area contributed by atoms with Crippen LogP contribution in [-0.2, 0) is 28.6 Å². The fourth-order valence-corrected chi connectivity index (χ4v) is 8.18. The average molecular weight is 1010 g/mol. The zero-order valence-corrected chi connectivity index (χ0v) is 47.6. The molecule has 0 aromatic carbocycles. The number of unbranched alkanes of at least 4 members (excludes halogenated alkanes) is 25. The van der Waals surface area contributed by atoms with Gasteiger partial charge in [0, 0.05) is 19.3 Å². The highest BCUT2D eigenvalue weighted by Crippen LogP contribution is 2.15. The Morgan fingerprint density at radius 2 is 0.562 bits per heavy atom. The standard InChI is InChI=1S/C67H112O6/c1-4-7-10-13-16-19-22-25-27-29-31-32-33-34-36-37-39-42-45-48-51-54-57-60-66(69)72-63-64(62-71-65(68)59-56-53-50-47-44-41-24-21-18-15-12-9-6-3)73-67(70)61-58-55-52-49-46-43-40-38-35-30-28-26-23-20-17-14-11-8-5-2/h7,10,12,15-17,19-21,24-28,31-32,35,38,64H,4-6,8-9,11,13-14,18,22-23,29-30,33-34,36-37,39-63H2,1-3H3/b10-7-,15-12-,19-16-,20-17-,24-21-,27-25-,28-26-,32-31-,38-35-. The van der Waals surface area contributed by atoms with Gasteiger partial charge in [-0.1, -0.05) is 246 Å². The van der Waals surface area contributed by atoms with Crippen LogP contribution in [0, 0.1) is 0 Å². The van der Waals surface area contributed by atoms with Crippen LogP contribution in [0.5, 0.6) is 0 Å². The van der Waals surface area contributed by atoms with Gasteiger partial charge in [0.1, 0.15) is 13.2 Å². The summed E-state index contributed by atoms with van der Waals surface area (Å²) in [4.78, 5) is 38.2. The molecule has 0 aliphatic carbocycles. The van der Waals surface area contributed by atoms with Gasteiger partial charge in [-0.05, 0) is 122 Å². The first kappa shape index (κ1) is 69.1. The van der Waals surface area contributed by atoms with Crippen molar-refractivity contribution in [3.63, 3.8) is 0 Å². The second kappa shape index (κ2) is 60.6. The molecule has 0 radical (unpaired) electrons. The number of hydrogen-bond acceptors (Lipinski definition) is 6. The minimum atomic E-state index is -0.795. The van der Waals surface area contributed by atoms with E-state index in [-0.39, 0.29) is 31.1 Å². The SMILES string of the molecule is CC/C=C\C/C=C\C/C=C\C/C=C\CCCCCCCCCCCCC(=O)OCC(COC(=O)CCCCCCC/C=C\C/C=C\CCC)OC(=O)CCCCCCCC/C=C\C/C=C\C/C=C\CCCCC. The topological polar surface area (TPSA) is 78.9 Å². The largest absolute Gasteiger partial charge is 0.462 e. The lowest BCUT2D eigenvalue weighted by atomic mass is 10.1. The van der Waals surface area contributed by atoms with Crippen molar-refractivity contribution in [3.8, 4) is 0 Å². The van der Waals surface area contributed by atoms with Gasteiger partial charge in [0.05, 0.1) is 0 Å². The molecule has 0 spiro atoms. The number of hydrogen-bond donors (Lipinski definition) is 0. The number of carbonyl (C=O) groups excluding carboxylic acids is 3. The fourth-order valence-electron chi connectivity index (χ4n) is 8.18. The predicted octanol–water partition coefficient (Wildman–Crippen LogP) is 20.7. The van der Waals surface area contributed by atoms with Crippen molar-refractivity contribution >= 4 is 17.9 Å². The van der Waals surface area contributed by atoms with Gasteiger partial charge in [0.25, 0.3) is 0 Å². The fraction of sp³-hybridized carbons (Fsp3) is 0.687. The van der Waals surface area contributed by atoms with Crippen LogP contribution in [-0.4, -0.2) is 37.2 Å². The van der Waals surface area contributed by atoms with Crippen molar-refractivity contribution in [2.24, 2.45) is 0 Å². The van der Waals surface area contributed by atoms with Crippen molar-refractivity contribution in [1.82, 2.24) is 0 Å². The minimum Gasteiger partial charge on any atom is -0.462 e. The Hall–Kier alpha value is -3.93. The molecule has 1 atom stereocenters. The Morgan fingerprint density at radius 3 is 0.890 bits per heavy atom. The van der Waals surface area contributed by atoms with E-state index in [2.05, 4.69) is 130 Å². The van der Waals surface area contributed by atoms with E-state index in [1.807, 2.05) is 0 Å². The molecule has 0 saturated heterocycles. The van der Waals surface area contributed by atoms with E-state index in [1.54, 1.807) is 0 Å². The van der Waals surface area contributed by atoms with E-state index < -0.39 is 6.10 Å². The molecular formula is C67H112O6. The molecule has 0 aliphatic heterocycles. The van der Waals surface area contributed by atoms with E-state index in [0.717, 1.165) is 141 Å². The molecular weight excluding hydrogens is 901 g/mol. The van der Waals surface area contributed by atoms with Crippen LogP contribution >= 0.6 is 0 Å². The summed E-state index contributed by atoms with van der Waals surface area (Å²) in [7, 11) is 0. The maximum atomic E-state index is 12.9. The summed E-state index contributed by atoms with van der Waals surface area (Å²) in [6.45, 7) is 6.42. The predicted molar refractivity (Wildman–Crippen MR) is 316 cm³/mol. The molecule has 0 fully saturated rings. The highest BCUT2D eigenvalue weighted by atomic mass is 16.6. The third-order valence-corrected chi connectivity index (χ3v) is 12.7. The van der Waals surface area contributed by atoms with Gasteiger partial charge in [-0.2, -0.15) is 0 Å². The quantitative estimate of drug-likeness (QED) is 0.0261. The van der Waals surface area contributed by atoms with Gasteiger partial charge in [-0.15, -0.1) is 0 Å². The van der Waals surface area contributed by atoms with Gasteiger partial charge in [0.15, 0.2) is 6.10 Å². The smallest absolute Gasteiger partial charge is 0.306 e. The molecule has 0 saturated carbocycles. The Balaban J connectivity index is 4.39. The summed E-state index contributed by atoms with van der Waals surface area (Å²) in [6.07, 6.45) is 82.2. The third-order valence-electron chi connectivity index (χ3n) is 12.7. The summed E-state index contributed by atoms with van der Waals surface area (Å²) in [5.41, 5.74) is 0. The molecule has 6 heteroatoms. The lowest BCUT2D eigenvalue weighted by Crippen LogP contribution is -2.30. The lowest BCUT2D eigenvalue weighted by Gasteiger charge is -2.18. The molecule has 0 aromatic rings. The Bertz CT molecular complexity index is 1490. The Labute approximate surface area is 450 Å². The molecule has 0 bridgehead atoms. The van der Waals surface area contributed by atoms with E-state index in [1.165, 1.54) is 96.3 Å². The first-order chi connectivity index (χ1) is 36.0. The molecule has 416 valence electrons. The number of rotatable bonds is 54. The van der Waals surface area contributed by atoms with Crippen LogP contribution in [0.25, 0.3) is 0 Å². The molecule has 0 amide bonds. The van der Waals surface area contributed by atoms with Crippen LogP contribution in [0.1, 0.15) is 278 Å². The molecule has 0 heterocycles. The minimum absolute atomic E-state index is 0.0912. The lowest BCUT2D eigenvalue weighted by molar-refractivity contribution is -0.167. The average Bonchev–Trinajstić information content (AvgIpc) is 3.39. The van der Waals surface area contributed by atoms with E-state index in [9.17, 15) is 14.4 Å². The summed E-state index contributed by atoms with van der Waals surface area (Å²) in [5, 5.41) is 0. The molecule has 0 rings (SSSR count). The third kappa shape index (κ3) is 58.8. The van der Waals surface area contributed by atoms with Crippen LogP contribution < -0.4 is 0 Å². The first-order valence-corrected chi connectivity index (χ1v) is 30.4. The molecule has 0 aromatic heterocycles. The van der Waals surface area contributed by atoms with Crippen LogP contribution in [0.4, 0.5) is 0 Å². The maximum absolute atomic E-state index is 12.9. The van der Waals surface area contributed by atoms with Crippen LogP contribution in [0.15, 0.2) is 109 Å². The molecule has 0 N–H and O–H groups in total. The highest BCUT2D eigenvalue weighted by molar-refractivity contribution is 5.71. The van der Waals surface area contributed by atoms with Gasteiger partial charge in [-0.3, -0.25) is 14.4 Å². The van der Waals surface area contributed by atoms with Crippen LogP contribution in [0.2, 0.25) is 0 Å². The van der Waals surface area contributed by atoms with Crippen molar-refractivity contribution in [2.75, 3.05) is 13.2 Å². The number of ether oxygens (including phenoxy) is 3. The van der Waals surface area contributed by atoms with E-state index in [4.69, 9.17) is 14.2 Å². The van der Waals surface area contributed by atoms with Gasteiger partial charge < -0.3 is 14.2 Å².